The van der Waals surface area contributed by atoms with E-state index in [0.29, 0.717) is 0 Å². The third kappa shape index (κ3) is 4.70. The molecular weight excluding hydrogens is 142 g/mol. The summed E-state index contributed by atoms with van der Waals surface area (Å²) in [6.45, 7) is 4.00. The number of ketones is 1. The summed E-state index contributed by atoms with van der Waals surface area (Å²) >= 11 is 0. The number of ether oxygens (including phenoxy) is 1. The second kappa shape index (κ2) is 5.04. The van der Waals surface area contributed by atoms with Gasteiger partial charge in [0.1, 0.15) is 0 Å². The van der Waals surface area contributed by atoms with Crippen molar-refractivity contribution in [2.75, 3.05) is 13.7 Å². The van der Waals surface area contributed by atoms with E-state index in [1.807, 2.05) is 13.8 Å². The molecule has 0 aliphatic heterocycles. The molecule has 3 heteroatoms. The molecule has 0 aromatic heterocycles. The van der Waals surface area contributed by atoms with E-state index in [4.69, 9.17) is 10.5 Å². The van der Waals surface area contributed by atoms with Crippen LogP contribution < -0.4 is 5.73 Å². The first-order valence-corrected chi connectivity index (χ1v) is 3.51. The molecule has 0 spiro atoms. The van der Waals surface area contributed by atoms with Crippen molar-refractivity contribution in [2.45, 2.75) is 19.9 Å². The number of carbonyl (C=O) groups is 1. The maximum absolute atomic E-state index is 11.1. The van der Waals surface area contributed by atoms with Crippen molar-refractivity contribution in [3.63, 3.8) is 0 Å². The Balaban J connectivity index is 3.93. The van der Waals surface area contributed by atoms with Crippen LogP contribution in [-0.4, -0.2) is 25.5 Å². The fourth-order valence-corrected chi connectivity index (χ4v) is 0.653. The van der Waals surface area contributed by atoms with Crippen LogP contribution in [0.15, 0.2) is 11.6 Å². The molecule has 11 heavy (non-hydrogen) atoms. The summed E-state index contributed by atoms with van der Waals surface area (Å²) in [4.78, 5) is 11.1. The first-order chi connectivity index (χ1) is 5.07. The molecule has 64 valence electrons. The lowest BCUT2D eigenvalue weighted by molar-refractivity contribution is -0.116. The first-order valence-electron chi connectivity index (χ1n) is 3.51. The Morgan fingerprint density at radius 1 is 1.64 bits per heavy atom. The molecule has 1 atom stereocenters. The Hall–Kier alpha value is -0.670. The third-order valence-corrected chi connectivity index (χ3v) is 1.14. The van der Waals surface area contributed by atoms with Crippen LogP contribution in [-0.2, 0) is 9.53 Å². The monoisotopic (exact) mass is 157 g/mol. The van der Waals surface area contributed by atoms with Gasteiger partial charge in [0.15, 0.2) is 5.78 Å². The van der Waals surface area contributed by atoms with Crippen LogP contribution >= 0.6 is 0 Å². The van der Waals surface area contributed by atoms with Gasteiger partial charge in [-0.3, -0.25) is 4.79 Å². The SMILES string of the molecule is COCC(N)C(=O)C=C(C)C. The molecule has 0 aliphatic carbocycles. The van der Waals surface area contributed by atoms with Crippen LogP contribution in [0.25, 0.3) is 0 Å². The summed E-state index contributed by atoms with van der Waals surface area (Å²) in [5.41, 5.74) is 6.42. The Morgan fingerprint density at radius 2 is 2.18 bits per heavy atom. The number of hydrogen-bond acceptors (Lipinski definition) is 3. The minimum Gasteiger partial charge on any atom is -0.383 e. The van der Waals surface area contributed by atoms with E-state index in [2.05, 4.69) is 0 Å². The average molecular weight is 157 g/mol. The lowest BCUT2D eigenvalue weighted by Crippen LogP contribution is -2.33. The zero-order valence-corrected chi connectivity index (χ0v) is 7.26. The van der Waals surface area contributed by atoms with Crippen LogP contribution in [0, 0.1) is 0 Å². The molecule has 0 bridgehead atoms. The molecule has 1 unspecified atom stereocenters. The fourth-order valence-electron chi connectivity index (χ4n) is 0.653. The molecule has 0 saturated carbocycles. The van der Waals surface area contributed by atoms with Gasteiger partial charge in [0.25, 0.3) is 0 Å². The van der Waals surface area contributed by atoms with Gasteiger partial charge in [-0.25, -0.2) is 0 Å². The van der Waals surface area contributed by atoms with E-state index in [1.54, 1.807) is 0 Å². The molecular formula is C8H15NO2. The zero-order chi connectivity index (χ0) is 8.85. The smallest absolute Gasteiger partial charge is 0.174 e. The Bertz CT molecular complexity index is 159. The highest BCUT2D eigenvalue weighted by Gasteiger charge is 2.08. The predicted molar refractivity (Wildman–Crippen MR) is 44.3 cm³/mol. The van der Waals surface area contributed by atoms with Crippen LogP contribution in [0.3, 0.4) is 0 Å². The van der Waals surface area contributed by atoms with Gasteiger partial charge in [-0.2, -0.15) is 0 Å². The van der Waals surface area contributed by atoms with Crippen LogP contribution in [0.4, 0.5) is 0 Å². The maximum Gasteiger partial charge on any atom is 0.174 e. The maximum atomic E-state index is 11.1. The average Bonchev–Trinajstić information content (AvgIpc) is 1.86. The van der Waals surface area contributed by atoms with E-state index >= 15 is 0 Å². The molecule has 0 heterocycles. The molecule has 0 aromatic carbocycles. The normalized spacial score (nSPS) is 12.4. The van der Waals surface area contributed by atoms with E-state index in [1.165, 1.54) is 13.2 Å². The van der Waals surface area contributed by atoms with Crippen molar-refractivity contribution in [1.29, 1.82) is 0 Å². The molecule has 0 saturated heterocycles. The van der Waals surface area contributed by atoms with E-state index in [0.717, 1.165) is 5.57 Å². The fraction of sp³-hybridized carbons (Fsp3) is 0.625. The number of methoxy groups -OCH3 is 1. The Labute approximate surface area is 67.2 Å². The number of nitrogens with two attached hydrogens (primary N) is 1. The number of carbonyl (C=O) groups excluding carboxylic acids is 1. The van der Waals surface area contributed by atoms with Gasteiger partial charge in [0, 0.05) is 7.11 Å². The molecule has 0 rings (SSSR count). The van der Waals surface area contributed by atoms with Gasteiger partial charge in [-0.05, 0) is 19.9 Å². The largest absolute Gasteiger partial charge is 0.383 e. The van der Waals surface area contributed by atoms with Crippen molar-refractivity contribution in [3.8, 4) is 0 Å². The summed E-state index contributed by atoms with van der Waals surface area (Å²) in [7, 11) is 1.52. The van der Waals surface area contributed by atoms with Gasteiger partial charge in [-0.1, -0.05) is 5.57 Å². The van der Waals surface area contributed by atoms with Gasteiger partial charge in [0.05, 0.1) is 12.6 Å². The highest BCUT2D eigenvalue weighted by molar-refractivity contribution is 5.94. The number of rotatable bonds is 4. The lowest BCUT2D eigenvalue weighted by atomic mass is 10.1. The highest BCUT2D eigenvalue weighted by Crippen LogP contribution is 1.92. The quantitative estimate of drug-likeness (QED) is 0.604. The van der Waals surface area contributed by atoms with E-state index in [9.17, 15) is 4.79 Å². The summed E-state index contributed by atoms with van der Waals surface area (Å²) in [5.74, 6) is -0.0770. The van der Waals surface area contributed by atoms with Crippen LogP contribution in [0.1, 0.15) is 13.8 Å². The van der Waals surface area contributed by atoms with Crippen LogP contribution in [0.2, 0.25) is 0 Å². The molecule has 0 aliphatic rings. The first kappa shape index (κ1) is 10.3. The second-order valence-corrected chi connectivity index (χ2v) is 2.69. The molecule has 0 aromatic rings. The van der Waals surface area contributed by atoms with Crippen molar-refractivity contribution < 1.29 is 9.53 Å². The zero-order valence-electron chi connectivity index (χ0n) is 7.26. The van der Waals surface area contributed by atoms with E-state index in [-0.39, 0.29) is 12.4 Å². The van der Waals surface area contributed by atoms with Gasteiger partial charge >= 0.3 is 0 Å². The van der Waals surface area contributed by atoms with Crippen molar-refractivity contribution in [1.82, 2.24) is 0 Å². The molecule has 0 radical (unpaired) electrons. The van der Waals surface area contributed by atoms with Gasteiger partial charge < -0.3 is 10.5 Å². The summed E-state index contributed by atoms with van der Waals surface area (Å²) < 4.78 is 4.73. The van der Waals surface area contributed by atoms with Crippen molar-refractivity contribution in [3.05, 3.63) is 11.6 Å². The second-order valence-electron chi connectivity index (χ2n) is 2.69. The minimum absolute atomic E-state index is 0.0770. The number of hydrogen-bond donors (Lipinski definition) is 1. The van der Waals surface area contributed by atoms with E-state index < -0.39 is 6.04 Å². The molecule has 2 N–H and O–H groups in total. The molecule has 0 fully saturated rings. The molecule has 3 nitrogen and oxygen atoms in total. The third-order valence-electron chi connectivity index (χ3n) is 1.14. The highest BCUT2D eigenvalue weighted by atomic mass is 16.5. The predicted octanol–water partition coefficient (Wildman–Crippen LogP) is 0.495. The summed E-state index contributed by atoms with van der Waals surface area (Å²) in [5, 5.41) is 0. The Kier molecular flexibility index (Phi) is 4.74. The Morgan fingerprint density at radius 3 is 2.55 bits per heavy atom. The van der Waals surface area contributed by atoms with Gasteiger partial charge in [-0.15, -0.1) is 0 Å². The number of allylic oxidation sites excluding steroid dienone is 1. The topological polar surface area (TPSA) is 52.3 Å². The summed E-state index contributed by atoms with van der Waals surface area (Å²) in [6.07, 6.45) is 1.53. The van der Waals surface area contributed by atoms with Crippen molar-refractivity contribution in [2.24, 2.45) is 5.73 Å². The molecule has 0 amide bonds. The van der Waals surface area contributed by atoms with Gasteiger partial charge in [0.2, 0.25) is 0 Å². The lowest BCUT2D eigenvalue weighted by Gasteiger charge is -2.05. The standard InChI is InChI=1S/C8H15NO2/c1-6(2)4-8(10)7(9)5-11-3/h4,7H,5,9H2,1-3H3. The van der Waals surface area contributed by atoms with Crippen molar-refractivity contribution >= 4 is 5.78 Å². The minimum atomic E-state index is -0.519. The van der Waals surface area contributed by atoms with Crippen LogP contribution in [0.5, 0.6) is 0 Å². The summed E-state index contributed by atoms with van der Waals surface area (Å²) in [6, 6.07) is -0.519.